The fourth-order valence-electron chi connectivity index (χ4n) is 2.98. The lowest BCUT2D eigenvalue weighted by Gasteiger charge is -2.45. The van der Waals surface area contributed by atoms with E-state index in [9.17, 15) is 0 Å². The summed E-state index contributed by atoms with van der Waals surface area (Å²) >= 11 is 2.44. The summed E-state index contributed by atoms with van der Waals surface area (Å²) in [5, 5.41) is 0. The van der Waals surface area contributed by atoms with Gasteiger partial charge in [0.1, 0.15) is 0 Å². The normalized spacial score (nSPS) is 46.5. The van der Waals surface area contributed by atoms with Gasteiger partial charge in [-0.15, -0.1) is 0 Å². The Hall–Kier alpha value is 0.270. The van der Waals surface area contributed by atoms with Crippen LogP contribution in [0.5, 0.6) is 0 Å². The van der Waals surface area contributed by atoms with E-state index in [1.54, 1.807) is 5.57 Å². The Morgan fingerprint density at radius 2 is 2.00 bits per heavy atom. The van der Waals surface area contributed by atoms with E-state index in [1.165, 1.54) is 25.8 Å². The van der Waals surface area contributed by atoms with Gasteiger partial charge in [0.15, 0.2) is 0 Å². The van der Waals surface area contributed by atoms with Crippen LogP contribution in [0.15, 0.2) is 11.8 Å². The monoisotopic (exact) mass is 261 g/mol. The summed E-state index contributed by atoms with van der Waals surface area (Å²) < 4.78 is 2.37. The van der Waals surface area contributed by atoms with Crippen molar-refractivity contribution in [2.24, 2.45) is 17.8 Å². The van der Waals surface area contributed by atoms with E-state index in [2.05, 4.69) is 32.2 Å². The lowest BCUT2D eigenvalue weighted by atomic mass is 9.59. The van der Waals surface area contributed by atoms with Crippen molar-refractivity contribution in [3.8, 4) is 0 Å². The first-order valence-electron chi connectivity index (χ1n) is 4.47. The van der Waals surface area contributed by atoms with Gasteiger partial charge in [0.05, 0.1) is 22.9 Å². The fraction of sp³-hybridized carbons (Fsp3) is 0.778. The standard InChI is InChI=1S/C9H12IN/c10-11-4-6-1-7-3-8(2-6)9(7)5-11/h5-8H,1-4H2. The first-order valence-corrected chi connectivity index (χ1v) is 5.43. The smallest absolute Gasteiger partial charge is 0.0586 e. The predicted molar refractivity (Wildman–Crippen MR) is 53.1 cm³/mol. The average molecular weight is 261 g/mol. The lowest BCUT2D eigenvalue weighted by Crippen LogP contribution is -2.36. The molecule has 2 heteroatoms. The maximum absolute atomic E-state index is 2.44. The minimum Gasteiger partial charge on any atom is -0.321 e. The second-order valence-electron chi connectivity index (χ2n) is 4.18. The van der Waals surface area contributed by atoms with Crippen LogP contribution in [0.3, 0.4) is 0 Å². The molecule has 0 N–H and O–H groups in total. The molecular formula is C9H12IN. The zero-order valence-electron chi connectivity index (χ0n) is 6.46. The number of fused-ring (bicyclic) bond motifs is 2. The highest BCUT2D eigenvalue weighted by molar-refractivity contribution is 14.1. The maximum atomic E-state index is 2.44. The van der Waals surface area contributed by atoms with Gasteiger partial charge < -0.3 is 3.11 Å². The molecule has 0 aromatic carbocycles. The molecule has 0 aromatic rings. The predicted octanol–water partition coefficient (Wildman–Crippen LogP) is 2.58. The highest BCUT2D eigenvalue weighted by Gasteiger charge is 2.44. The minimum absolute atomic E-state index is 0.999. The average Bonchev–Trinajstić information content (AvgIpc) is 2.16. The summed E-state index contributed by atoms with van der Waals surface area (Å²) in [5.74, 6) is 3.01. The van der Waals surface area contributed by atoms with Gasteiger partial charge in [-0.2, -0.15) is 0 Å². The Bertz CT molecular complexity index is 207. The van der Waals surface area contributed by atoms with Crippen LogP contribution < -0.4 is 0 Å². The highest BCUT2D eigenvalue weighted by Crippen LogP contribution is 2.54. The third kappa shape index (κ3) is 0.879. The van der Waals surface area contributed by atoms with E-state index in [4.69, 9.17) is 0 Å². The van der Waals surface area contributed by atoms with Crippen LogP contribution in [0.4, 0.5) is 0 Å². The minimum atomic E-state index is 0.999. The summed E-state index contributed by atoms with van der Waals surface area (Å²) in [6.07, 6.45) is 6.89. The van der Waals surface area contributed by atoms with Crippen molar-refractivity contribution in [1.82, 2.24) is 3.11 Å². The summed E-state index contributed by atoms with van der Waals surface area (Å²) in [6, 6.07) is 0. The van der Waals surface area contributed by atoms with Crippen LogP contribution in [0.1, 0.15) is 19.3 Å². The molecule has 2 aliphatic heterocycles. The van der Waals surface area contributed by atoms with Crippen molar-refractivity contribution in [1.29, 1.82) is 0 Å². The molecule has 5 aliphatic rings. The van der Waals surface area contributed by atoms with Crippen molar-refractivity contribution in [2.45, 2.75) is 19.3 Å². The lowest BCUT2D eigenvalue weighted by molar-refractivity contribution is 0.159. The molecule has 2 atom stereocenters. The van der Waals surface area contributed by atoms with Crippen molar-refractivity contribution in [3.63, 3.8) is 0 Å². The van der Waals surface area contributed by atoms with Gasteiger partial charge in [-0.1, -0.05) is 0 Å². The van der Waals surface area contributed by atoms with Gasteiger partial charge >= 0.3 is 0 Å². The van der Waals surface area contributed by atoms with Crippen LogP contribution in [0.2, 0.25) is 0 Å². The molecule has 2 heterocycles. The Kier molecular flexibility index (Phi) is 1.32. The Morgan fingerprint density at radius 1 is 1.27 bits per heavy atom. The quantitative estimate of drug-likeness (QED) is 0.478. The SMILES string of the molecule is IN1C=C2C3CC(CC2C3)C1. The van der Waals surface area contributed by atoms with E-state index in [0.717, 1.165) is 17.8 Å². The molecule has 5 rings (SSSR count). The number of hydrogen-bond donors (Lipinski definition) is 0. The van der Waals surface area contributed by atoms with Crippen molar-refractivity contribution in [3.05, 3.63) is 11.8 Å². The molecule has 3 aliphatic carbocycles. The second-order valence-corrected chi connectivity index (χ2v) is 5.42. The topological polar surface area (TPSA) is 3.24 Å². The molecule has 3 saturated carbocycles. The fourth-order valence-corrected chi connectivity index (χ4v) is 3.85. The van der Waals surface area contributed by atoms with Crippen LogP contribution in [0, 0.1) is 17.8 Å². The molecule has 1 nitrogen and oxygen atoms in total. The molecule has 0 saturated heterocycles. The molecule has 0 amide bonds. The Balaban J connectivity index is 1.99. The zero-order valence-corrected chi connectivity index (χ0v) is 8.62. The van der Waals surface area contributed by atoms with E-state index in [1.807, 2.05) is 0 Å². The molecule has 0 radical (unpaired) electrons. The maximum Gasteiger partial charge on any atom is 0.0586 e. The number of rotatable bonds is 0. The zero-order chi connectivity index (χ0) is 7.42. The van der Waals surface area contributed by atoms with Crippen molar-refractivity contribution in [2.75, 3.05) is 6.54 Å². The molecule has 4 bridgehead atoms. The van der Waals surface area contributed by atoms with Gasteiger partial charge in [0, 0.05) is 12.7 Å². The second kappa shape index (κ2) is 2.15. The van der Waals surface area contributed by atoms with Gasteiger partial charge in [0.2, 0.25) is 0 Å². The summed E-state index contributed by atoms with van der Waals surface area (Å²) in [5.41, 5.74) is 1.77. The molecule has 0 spiro atoms. The molecule has 2 unspecified atom stereocenters. The van der Waals surface area contributed by atoms with Crippen molar-refractivity contribution >= 4 is 22.9 Å². The third-order valence-corrected chi connectivity index (χ3v) is 4.14. The van der Waals surface area contributed by atoms with E-state index >= 15 is 0 Å². The highest BCUT2D eigenvalue weighted by atomic mass is 127. The third-order valence-electron chi connectivity index (χ3n) is 3.47. The molecule has 0 aromatic heterocycles. The van der Waals surface area contributed by atoms with Crippen LogP contribution in [-0.2, 0) is 0 Å². The van der Waals surface area contributed by atoms with Crippen LogP contribution in [0.25, 0.3) is 0 Å². The van der Waals surface area contributed by atoms with Crippen molar-refractivity contribution < 1.29 is 0 Å². The Labute approximate surface area is 81.3 Å². The molecule has 3 fully saturated rings. The van der Waals surface area contributed by atoms with Gasteiger partial charge in [-0.05, 0) is 42.6 Å². The first-order chi connectivity index (χ1) is 5.33. The van der Waals surface area contributed by atoms with E-state index in [-0.39, 0.29) is 0 Å². The molecule has 60 valence electrons. The van der Waals surface area contributed by atoms with Crippen LogP contribution >= 0.6 is 22.9 Å². The molecular weight excluding hydrogens is 249 g/mol. The summed E-state index contributed by atoms with van der Waals surface area (Å²) in [7, 11) is 0. The van der Waals surface area contributed by atoms with Gasteiger partial charge in [0.25, 0.3) is 0 Å². The Morgan fingerprint density at radius 3 is 2.73 bits per heavy atom. The number of nitrogens with zero attached hydrogens (tertiary/aromatic N) is 1. The number of halogens is 1. The largest absolute Gasteiger partial charge is 0.321 e. The van der Waals surface area contributed by atoms with Gasteiger partial charge in [-0.25, -0.2) is 0 Å². The number of hydrogen-bond acceptors (Lipinski definition) is 1. The summed E-state index contributed by atoms with van der Waals surface area (Å²) in [4.78, 5) is 0. The first kappa shape index (κ1) is 6.75. The van der Waals surface area contributed by atoms with E-state index in [0.29, 0.717) is 0 Å². The summed E-state index contributed by atoms with van der Waals surface area (Å²) in [6.45, 7) is 1.30. The molecule has 11 heavy (non-hydrogen) atoms. The van der Waals surface area contributed by atoms with Gasteiger partial charge in [-0.3, -0.25) is 0 Å². The van der Waals surface area contributed by atoms with E-state index < -0.39 is 0 Å². The van der Waals surface area contributed by atoms with Crippen LogP contribution in [-0.4, -0.2) is 9.66 Å². The number of allylic oxidation sites excluding steroid dienone is 1.